The van der Waals surface area contributed by atoms with Crippen molar-refractivity contribution in [3.63, 3.8) is 0 Å². The molecule has 3 nitrogen and oxygen atoms in total. The highest BCUT2D eigenvalue weighted by Gasteiger charge is 1.95. The van der Waals surface area contributed by atoms with Crippen LogP contribution in [0.2, 0.25) is 0 Å². The van der Waals surface area contributed by atoms with Crippen LogP contribution in [0.15, 0.2) is 11.5 Å². The normalized spacial score (nSPS) is 13.4. The zero-order valence-corrected chi connectivity index (χ0v) is 7.65. The van der Waals surface area contributed by atoms with E-state index in [1.54, 1.807) is 5.41 Å². The number of nitrogens with two attached hydrogens (primary N) is 1. The number of hydrogen-bond acceptors (Lipinski definition) is 3. The molecule has 0 rings (SSSR count). The lowest BCUT2D eigenvalue weighted by Gasteiger charge is -2.03. The third-order valence-electron chi connectivity index (χ3n) is 0.954. The molecule has 3 N–H and O–H groups in total. The third-order valence-corrected chi connectivity index (χ3v) is 1.36. The van der Waals surface area contributed by atoms with E-state index >= 15 is 0 Å². The van der Waals surface area contributed by atoms with Crippen LogP contribution in [0.1, 0.15) is 6.92 Å². The van der Waals surface area contributed by atoms with Gasteiger partial charge in [-0.3, -0.25) is 4.79 Å². The van der Waals surface area contributed by atoms with E-state index < -0.39 is 0 Å². The Labute approximate surface area is 71.4 Å². The van der Waals surface area contributed by atoms with Gasteiger partial charge in [-0.25, -0.2) is 0 Å². The van der Waals surface area contributed by atoms with Gasteiger partial charge in [0.25, 0.3) is 0 Å². The highest BCUT2D eigenvalue weighted by atomic mass is 32.2. The number of hydrogen-bond donors (Lipinski definition) is 2. The van der Waals surface area contributed by atoms with Crippen molar-refractivity contribution >= 4 is 17.7 Å². The van der Waals surface area contributed by atoms with Crippen LogP contribution in [-0.2, 0) is 4.79 Å². The summed E-state index contributed by atoms with van der Waals surface area (Å²) >= 11 is 1.49. The number of rotatable bonds is 4. The van der Waals surface area contributed by atoms with Crippen molar-refractivity contribution in [2.75, 3.05) is 12.8 Å². The van der Waals surface area contributed by atoms with E-state index in [-0.39, 0.29) is 11.9 Å². The van der Waals surface area contributed by atoms with Gasteiger partial charge in [0, 0.05) is 18.7 Å². The van der Waals surface area contributed by atoms with Gasteiger partial charge < -0.3 is 11.1 Å². The molecule has 0 fully saturated rings. The Morgan fingerprint density at radius 2 is 2.45 bits per heavy atom. The molecule has 0 saturated heterocycles. The Morgan fingerprint density at radius 3 is 2.91 bits per heavy atom. The van der Waals surface area contributed by atoms with Gasteiger partial charge in [-0.15, -0.1) is 11.8 Å². The Hall–Kier alpha value is -0.480. The third kappa shape index (κ3) is 7.42. The first-order valence-electron chi connectivity index (χ1n) is 3.39. The lowest BCUT2D eigenvalue weighted by molar-refractivity contribution is -0.116. The second kappa shape index (κ2) is 6.24. The van der Waals surface area contributed by atoms with Gasteiger partial charge in [0.15, 0.2) is 0 Å². The molecule has 64 valence electrons. The first kappa shape index (κ1) is 10.5. The maximum atomic E-state index is 10.8. The summed E-state index contributed by atoms with van der Waals surface area (Å²) in [5.41, 5.74) is 5.43. The fraction of sp³-hybridized carbons (Fsp3) is 0.571. The van der Waals surface area contributed by atoms with Crippen LogP contribution in [0, 0.1) is 0 Å². The van der Waals surface area contributed by atoms with Crippen molar-refractivity contribution in [3.8, 4) is 0 Å². The molecule has 0 aliphatic heterocycles. The summed E-state index contributed by atoms with van der Waals surface area (Å²) in [6.07, 6.45) is 3.39. The van der Waals surface area contributed by atoms with Gasteiger partial charge in [0.05, 0.1) is 0 Å². The highest BCUT2D eigenvalue weighted by Crippen LogP contribution is 1.91. The van der Waals surface area contributed by atoms with Crippen molar-refractivity contribution < 1.29 is 4.79 Å². The van der Waals surface area contributed by atoms with Gasteiger partial charge in [-0.05, 0) is 18.6 Å². The van der Waals surface area contributed by atoms with Crippen molar-refractivity contribution in [3.05, 3.63) is 11.5 Å². The molecule has 0 aromatic carbocycles. The van der Waals surface area contributed by atoms with Crippen molar-refractivity contribution in [1.82, 2.24) is 5.32 Å². The van der Waals surface area contributed by atoms with Gasteiger partial charge in [-0.2, -0.15) is 0 Å². The summed E-state index contributed by atoms with van der Waals surface area (Å²) in [4.78, 5) is 10.8. The van der Waals surface area contributed by atoms with Crippen molar-refractivity contribution in [2.24, 2.45) is 5.73 Å². The Morgan fingerprint density at radius 1 is 1.82 bits per heavy atom. The maximum absolute atomic E-state index is 10.8. The van der Waals surface area contributed by atoms with E-state index in [1.165, 1.54) is 17.8 Å². The Bertz CT molecular complexity index is 145. The van der Waals surface area contributed by atoms with Gasteiger partial charge in [0.1, 0.15) is 0 Å². The molecule has 0 aliphatic rings. The summed E-state index contributed by atoms with van der Waals surface area (Å²) in [5, 5.41) is 4.39. The molecule has 1 amide bonds. The standard InChI is InChI=1S/C7H14N2OS/c1-6(8)5-9-7(10)3-4-11-2/h3-4,6H,5,8H2,1-2H3,(H,9,10)/b4-3+. The van der Waals surface area contributed by atoms with E-state index in [0.717, 1.165) is 0 Å². The molecule has 0 radical (unpaired) electrons. The Kier molecular flexibility index (Phi) is 5.97. The first-order valence-corrected chi connectivity index (χ1v) is 4.68. The predicted octanol–water partition coefficient (Wildman–Crippen LogP) is 0.327. The van der Waals surface area contributed by atoms with Crippen LogP contribution in [0.25, 0.3) is 0 Å². The molecule has 11 heavy (non-hydrogen) atoms. The number of nitrogens with one attached hydrogen (secondary N) is 1. The average Bonchev–Trinajstić information content (AvgIpc) is 1.97. The summed E-state index contributed by atoms with van der Waals surface area (Å²) in [7, 11) is 0. The molecule has 0 aliphatic carbocycles. The van der Waals surface area contributed by atoms with Crippen molar-refractivity contribution in [1.29, 1.82) is 0 Å². The summed E-state index contributed by atoms with van der Waals surface area (Å²) in [6, 6.07) is 0.0154. The minimum absolute atomic E-state index is 0.0154. The van der Waals surface area contributed by atoms with Crippen LogP contribution in [0.5, 0.6) is 0 Å². The molecular formula is C7H14N2OS. The highest BCUT2D eigenvalue weighted by molar-refractivity contribution is 8.01. The number of amides is 1. The minimum Gasteiger partial charge on any atom is -0.351 e. The summed E-state index contributed by atoms with van der Waals surface area (Å²) in [5.74, 6) is -0.0864. The number of carbonyl (C=O) groups is 1. The Balaban J connectivity index is 3.45. The van der Waals surface area contributed by atoms with Crippen LogP contribution in [0.3, 0.4) is 0 Å². The zero-order valence-electron chi connectivity index (χ0n) is 6.83. The van der Waals surface area contributed by atoms with Crippen LogP contribution < -0.4 is 11.1 Å². The van der Waals surface area contributed by atoms with Crippen LogP contribution >= 0.6 is 11.8 Å². The fourth-order valence-electron chi connectivity index (χ4n) is 0.450. The largest absolute Gasteiger partial charge is 0.351 e. The summed E-state index contributed by atoms with van der Waals surface area (Å²) < 4.78 is 0. The molecular weight excluding hydrogens is 160 g/mol. The lowest BCUT2D eigenvalue weighted by Crippen LogP contribution is -2.34. The molecule has 0 aromatic rings. The van der Waals surface area contributed by atoms with Crippen molar-refractivity contribution in [2.45, 2.75) is 13.0 Å². The molecule has 1 atom stereocenters. The fourth-order valence-corrected chi connectivity index (χ4v) is 0.710. The van der Waals surface area contributed by atoms with E-state index in [9.17, 15) is 4.79 Å². The monoisotopic (exact) mass is 174 g/mol. The van der Waals surface area contributed by atoms with Gasteiger partial charge in [-0.1, -0.05) is 0 Å². The molecule has 4 heteroatoms. The average molecular weight is 174 g/mol. The van der Waals surface area contributed by atoms with E-state index in [0.29, 0.717) is 6.54 Å². The summed E-state index contributed by atoms with van der Waals surface area (Å²) in [6.45, 7) is 2.37. The van der Waals surface area contributed by atoms with Crippen LogP contribution in [0.4, 0.5) is 0 Å². The minimum atomic E-state index is -0.0864. The molecule has 0 bridgehead atoms. The SMILES string of the molecule is CS/C=C/C(=O)NCC(C)N. The zero-order chi connectivity index (χ0) is 8.69. The van der Waals surface area contributed by atoms with E-state index in [1.807, 2.05) is 13.2 Å². The van der Waals surface area contributed by atoms with E-state index in [2.05, 4.69) is 5.32 Å². The molecule has 0 aromatic heterocycles. The first-order chi connectivity index (χ1) is 5.16. The van der Waals surface area contributed by atoms with Crippen LogP contribution in [-0.4, -0.2) is 24.7 Å². The number of carbonyl (C=O) groups excluding carboxylic acids is 1. The topological polar surface area (TPSA) is 55.1 Å². The quantitative estimate of drug-likeness (QED) is 0.604. The van der Waals surface area contributed by atoms with Gasteiger partial charge >= 0.3 is 0 Å². The molecule has 0 spiro atoms. The predicted molar refractivity (Wildman–Crippen MR) is 49.3 cm³/mol. The van der Waals surface area contributed by atoms with E-state index in [4.69, 9.17) is 5.73 Å². The molecule has 1 unspecified atom stereocenters. The van der Waals surface area contributed by atoms with Gasteiger partial charge in [0.2, 0.25) is 5.91 Å². The smallest absolute Gasteiger partial charge is 0.244 e. The molecule has 0 heterocycles. The number of thioether (sulfide) groups is 1. The lowest BCUT2D eigenvalue weighted by atomic mass is 10.3. The molecule has 0 saturated carbocycles. The maximum Gasteiger partial charge on any atom is 0.244 e. The second-order valence-electron chi connectivity index (χ2n) is 2.26. The second-order valence-corrected chi connectivity index (χ2v) is 3.00.